The molecule has 122 valence electrons. The summed E-state index contributed by atoms with van der Waals surface area (Å²) in [4.78, 5) is 0. The Hall–Kier alpha value is -2.36. The van der Waals surface area contributed by atoms with Crippen LogP contribution in [0.1, 0.15) is 25.0 Å². The molecule has 2 aromatic rings. The SMILES string of the molecule is C[C@H](Cc1ccc(O)c(O)c1)[C@H](C)Cc1ccc2c(c1)OCO2. The highest BCUT2D eigenvalue weighted by atomic mass is 16.7. The minimum Gasteiger partial charge on any atom is -0.504 e. The van der Waals surface area contributed by atoms with Crippen LogP contribution in [-0.2, 0) is 12.8 Å². The quantitative estimate of drug-likeness (QED) is 0.822. The van der Waals surface area contributed by atoms with E-state index in [1.807, 2.05) is 12.1 Å². The van der Waals surface area contributed by atoms with Crippen molar-refractivity contribution >= 4 is 0 Å². The Bertz CT molecular complexity index is 696. The fourth-order valence-corrected chi connectivity index (χ4v) is 2.91. The van der Waals surface area contributed by atoms with E-state index in [-0.39, 0.29) is 11.5 Å². The van der Waals surface area contributed by atoms with E-state index in [2.05, 4.69) is 26.0 Å². The van der Waals surface area contributed by atoms with E-state index in [1.165, 1.54) is 5.56 Å². The fraction of sp³-hybridized carbons (Fsp3) is 0.368. The molecule has 0 radical (unpaired) electrons. The summed E-state index contributed by atoms with van der Waals surface area (Å²) in [6.07, 6.45) is 1.82. The van der Waals surface area contributed by atoms with E-state index >= 15 is 0 Å². The van der Waals surface area contributed by atoms with Crippen molar-refractivity contribution < 1.29 is 19.7 Å². The maximum atomic E-state index is 9.60. The Balaban J connectivity index is 1.63. The molecule has 0 aliphatic carbocycles. The van der Waals surface area contributed by atoms with Crippen LogP contribution in [0.2, 0.25) is 0 Å². The Morgan fingerprint density at radius 1 is 0.826 bits per heavy atom. The average Bonchev–Trinajstić information content (AvgIpc) is 2.98. The molecule has 4 nitrogen and oxygen atoms in total. The monoisotopic (exact) mass is 314 g/mol. The predicted octanol–water partition coefficient (Wildman–Crippen LogP) is 3.88. The number of phenolic OH excluding ortho intramolecular Hbond substituents is 2. The molecule has 3 rings (SSSR count). The molecule has 0 fully saturated rings. The summed E-state index contributed by atoms with van der Waals surface area (Å²) in [6, 6.07) is 11.1. The molecule has 4 heteroatoms. The first kappa shape index (κ1) is 15.5. The van der Waals surface area contributed by atoms with Crippen molar-refractivity contribution in [3.8, 4) is 23.0 Å². The van der Waals surface area contributed by atoms with Gasteiger partial charge in [0.05, 0.1) is 0 Å². The molecule has 1 heterocycles. The molecular weight excluding hydrogens is 292 g/mol. The molecule has 23 heavy (non-hydrogen) atoms. The number of hydrogen-bond donors (Lipinski definition) is 2. The number of hydrogen-bond acceptors (Lipinski definition) is 4. The molecule has 0 spiro atoms. The van der Waals surface area contributed by atoms with Gasteiger partial charge in [-0.2, -0.15) is 0 Å². The van der Waals surface area contributed by atoms with Gasteiger partial charge in [-0.1, -0.05) is 26.0 Å². The van der Waals surface area contributed by atoms with E-state index in [4.69, 9.17) is 9.47 Å². The van der Waals surface area contributed by atoms with E-state index in [0.717, 1.165) is 29.9 Å². The van der Waals surface area contributed by atoms with Crippen LogP contribution in [-0.4, -0.2) is 17.0 Å². The first-order valence-corrected chi connectivity index (χ1v) is 7.92. The zero-order valence-electron chi connectivity index (χ0n) is 13.5. The van der Waals surface area contributed by atoms with Gasteiger partial charge in [0.2, 0.25) is 6.79 Å². The summed E-state index contributed by atoms with van der Waals surface area (Å²) >= 11 is 0. The van der Waals surface area contributed by atoms with Crippen molar-refractivity contribution in [1.29, 1.82) is 0 Å². The molecule has 0 aromatic heterocycles. The van der Waals surface area contributed by atoms with E-state index in [1.54, 1.807) is 12.1 Å². The maximum Gasteiger partial charge on any atom is 0.231 e. The molecule has 2 aromatic carbocycles. The van der Waals surface area contributed by atoms with E-state index in [9.17, 15) is 10.2 Å². The number of ether oxygens (including phenoxy) is 2. The van der Waals surface area contributed by atoms with Crippen molar-refractivity contribution in [1.82, 2.24) is 0 Å². The molecule has 2 N–H and O–H groups in total. The van der Waals surface area contributed by atoms with Gasteiger partial charge in [0.1, 0.15) is 0 Å². The Morgan fingerprint density at radius 2 is 1.43 bits per heavy atom. The van der Waals surface area contributed by atoms with Gasteiger partial charge in [-0.3, -0.25) is 0 Å². The molecule has 1 aliphatic rings. The molecule has 0 amide bonds. The first-order valence-electron chi connectivity index (χ1n) is 7.92. The molecule has 2 atom stereocenters. The van der Waals surface area contributed by atoms with E-state index < -0.39 is 0 Å². The highest BCUT2D eigenvalue weighted by Crippen LogP contribution is 2.34. The number of rotatable bonds is 5. The van der Waals surface area contributed by atoms with Gasteiger partial charge in [0, 0.05) is 0 Å². The average molecular weight is 314 g/mol. The second kappa shape index (κ2) is 6.41. The topological polar surface area (TPSA) is 58.9 Å². The lowest BCUT2D eigenvalue weighted by Crippen LogP contribution is -2.13. The zero-order valence-corrected chi connectivity index (χ0v) is 13.5. The van der Waals surface area contributed by atoms with Crippen LogP contribution >= 0.6 is 0 Å². The molecule has 0 saturated heterocycles. The zero-order chi connectivity index (χ0) is 16.4. The van der Waals surface area contributed by atoms with Gasteiger partial charge in [-0.05, 0) is 60.1 Å². The summed E-state index contributed by atoms with van der Waals surface area (Å²) in [5, 5.41) is 19.0. The third-order valence-corrected chi connectivity index (χ3v) is 4.56. The summed E-state index contributed by atoms with van der Waals surface area (Å²) in [6.45, 7) is 4.74. The van der Waals surface area contributed by atoms with Crippen molar-refractivity contribution in [2.75, 3.05) is 6.79 Å². The third-order valence-electron chi connectivity index (χ3n) is 4.56. The van der Waals surface area contributed by atoms with Crippen LogP contribution in [0.5, 0.6) is 23.0 Å². The smallest absolute Gasteiger partial charge is 0.231 e. The number of phenols is 2. The van der Waals surface area contributed by atoms with Crippen LogP contribution < -0.4 is 9.47 Å². The minimum absolute atomic E-state index is 0.0573. The van der Waals surface area contributed by atoms with Gasteiger partial charge < -0.3 is 19.7 Å². The molecule has 0 saturated carbocycles. The van der Waals surface area contributed by atoms with Crippen LogP contribution in [0.3, 0.4) is 0 Å². The van der Waals surface area contributed by atoms with Gasteiger partial charge in [0.15, 0.2) is 23.0 Å². The van der Waals surface area contributed by atoms with Crippen LogP contribution in [0.25, 0.3) is 0 Å². The normalized spacial score (nSPS) is 15.4. The second-order valence-electron chi connectivity index (χ2n) is 6.37. The van der Waals surface area contributed by atoms with Crippen molar-refractivity contribution in [3.05, 3.63) is 47.5 Å². The third kappa shape index (κ3) is 3.52. The van der Waals surface area contributed by atoms with Crippen LogP contribution in [0.4, 0.5) is 0 Å². The molecular formula is C19H22O4. The van der Waals surface area contributed by atoms with Crippen molar-refractivity contribution in [2.24, 2.45) is 11.8 Å². The first-order chi connectivity index (χ1) is 11.0. The standard InChI is InChI=1S/C19H22O4/c1-12(7-14-3-5-16(20)17(21)9-14)13(2)8-15-4-6-18-19(10-15)23-11-22-18/h3-6,9-10,12-13,20-21H,7-8,11H2,1-2H3/t12-,13-/m1/s1. The summed E-state index contributed by atoms with van der Waals surface area (Å²) in [7, 11) is 0. The Morgan fingerprint density at radius 3 is 2.13 bits per heavy atom. The number of fused-ring (bicyclic) bond motifs is 1. The lowest BCUT2D eigenvalue weighted by molar-refractivity contribution is 0.174. The van der Waals surface area contributed by atoms with Gasteiger partial charge >= 0.3 is 0 Å². The van der Waals surface area contributed by atoms with Gasteiger partial charge in [0.25, 0.3) is 0 Å². The fourth-order valence-electron chi connectivity index (χ4n) is 2.91. The molecule has 0 unspecified atom stereocenters. The van der Waals surface area contributed by atoms with Crippen LogP contribution in [0.15, 0.2) is 36.4 Å². The van der Waals surface area contributed by atoms with E-state index in [0.29, 0.717) is 18.6 Å². The Kier molecular flexibility index (Phi) is 4.33. The van der Waals surface area contributed by atoms with Crippen LogP contribution in [0, 0.1) is 11.8 Å². The number of aromatic hydroxyl groups is 2. The van der Waals surface area contributed by atoms with Crippen molar-refractivity contribution in [3.63, 3.8) is 0 Å². The van der Waals surface area contributed by atoms with Gasteiger partial charge in [-0.25, -0.2) is 0 Å². The highest BCUT2D eigenvalue weighted by Gasteiger charge is 2.17. The largest absolute Gasteiger partial charge is 0.504 e. The lowest BCUT2D eigenvalue weighted by Gasteiger charge is -2.20. The maximum absolute atomic E-state index is 9.60. The highest BCUT2D eigenvalue weighted by molar-refractivity contribution is 5.44. The predicted molar refractivity (Wildman–Crippen MR) is 88.1 cm³/mol. The summed E-state index contributed by atoms with van der Waals surface area (Å²) in [5.74, 6) is 2.43. The van der Waals surface area contributed by atoms with Crippen molar-refractivity contribution in [2.45, 2.75) is 26.7 Å². The van der Waals surface area contributed by atoms with Gasteiger partial charge in [-0.15, -0.1) is 0 Å². The summed E-state index contributed by atoms with van der Waals surface area (Å²) < 4.78 is 10.8. The molecule has 0 bridgehead atoms. The second-order valence-corrected chi connectivity index (χ2v) is 6.37. The minimum atomic E-state index is -0.0742. The Labute approximate surface area is 136 Å². The lowest BCUT2D eigenvalue weighted by atomic mass is 9.85. The molecule has 1 aliphatic heterocycles. The summed E-state index contributed by atoms with van der Waals surface area (Å²) in [5.41, 5.74) is 2.27. The number of benzene rings is 2.